The van der Waals surface area contributed by atoms with Crippen molar-refractivity contribution in [3.05, 3.63) is 29.0 Å². The second kappa shape index (κ2) is 6.84. The zero-order chi connectivity index (χ0) is 18.1. The molecule has 1 aliphatic heterocycles. The second-order valence-electron chi connectivity index (χ2n) is 5.25. The minimum Gasteiger partial charge on any atom is -0.482 e. The summed E-state index contributed by atoms with van der Waals surface area (Å²) < 4.78 is 56.5. The number of halogens is 5. The van der Waals surface area contributed by atoms with Gasteiger partial charge < -0.3 is 14.7 Å². The number of alkyl halides is 3. The molecule has 5 nitrogen and oxygen atoms in total. The largest absolute Gasteiger partial charge is 0.482 e. The van der Waals surface area contributed by atoms with Crippen molar-refractivity contribution in [2.75, 3.05) is 19.7 Å². The van der Waals surface area contributed by atoms with Crippen LogP contribution in [0.1, 0.15) is 0 Å². The Labute approximate surface area is 138 Å². The molecule has 1 amide bonds. The van der Waals surface area contributed by atoms with Gasteiger partial charge in [0.1, 0.15) is 11.6 Å². The van der Waals surface area contributed by atoms with E-state index in [9.17, 15) is 27.2 Å². The van der Waals surface area contributed by atoms with Crippen LogP contribution in [0.4, 0.5) is 17.6 Å². The van der Waals surface area contributed by atoms with E-state index in [0.29, 0.717) is 0 Å². The van der Waals surface area contributed by atoms with Gasteiger partial charge in [-0.1, -0.05) is 11.6 Å². The highest BCUT2D eigenvalue weighted by Gasteiger charge is 2.53. The summed E-state index contributed by atoms with van der Waals surface area (Å²) in [5.74, 6) is -6.90. The maximum Gasteiger partial charge on any atom is 0.394 e. The summed E-state index contributed by atoms with van der Waals surface area (Å²) in [5, 5.41) is 8.80. The number of nitrogens with zero attached hydrogens (tertiary/aromatic N) is 1. The molecule has 0 spiro atoms. The number of hydrogen-bond donors (Lipinski definition) is 1. The molecular formula is C14H12ClF4NO4. The summed E-state index contributed by atoms with van der Waals surface area (Å²) in [4.78, 5) is 23.7. The van der Waals surface area contributed by atoms with Crippen LogP contribution in [0.5, 0.6) is 5.75 Å². The first-order valence-electron chi connectivity index (χ1n) is 6.74. The predicted molar refractivity (Wildman–Crippen MR) is 74.2 cm³/mol. The Bertz CT molecular complexity index is 652. The van der Waals surface area contributed by atoms with Crippen LogP contribution in [0.2, 0.25) is 5.02 Å². The summed E-state index contributed by atoms with van der Waals surface area (Å²) >= 11 is 5.70. The fourth-order valence-electron chi connectivity index (χ4n) is 2.41. The molecule has 10 heteroatoms. The number of likely N-dealkylation sites (tertiary alicyclic amines) is 1. The SMILES string of the molecule is O=C(O)[C@@H]1CN(C(=O)COc2ccc(F)cc2Cl)C[C@H]1C(F)(F)F. The number of carbonyl (C=O) groups is 2. The Hall–Kier alpha value is -2.03. The molecule has 1 heterocycles. The Morgan fingerprint density at radius 1 is 1.33 bits per heavy atom. The molecule has 2 rings (SSSR count). The molecule has 1 N–H and O–H groups in total. The van der Waals surface area contributed by atoms with Gasteiger partial charge in [0.05, 0.1) is 16.9 Å². The van der Waals surface area contributed by atoms with E-state index < -0.39 is 55.4 Å². The van der Waals surface area contributed by atoms with Crippen molar-refractivity contribution < 1.29 is 37.0 Å². The third kappa shape index (κ3) is 4.08. The van der Waals surface area contributed by atoms with E-state index in [1.807, 2.05) is 0 Å². The second-order valence-corrected chi connectivity index (χ2v) is 5.66. The van der Waals surface area contributed by atoms with E-state index in [1.165, 1.54) is 6.07 Å². The Kier molecular flexibility index (Phi) is 5.22. The number of ether oxygens (including phenoxy) is 1. The molecule has 1 saturated heterocycles. The minimum absolute atomic E-state index is 0.00669. The predicted octanol–water partition coefficient (Wildman–Crippen LogP) is 2.58. The molecule has 0 radical (unpaired) electrons. The Balaban J connectivity index is 2.01. The van der Waals surface area contributed by atoms with Gasteiger partial charge in [-0.2, -0.15) is 13.2 Å². The molecule has 0 saturated carbocycles. The maximum absolute atomic E-state index is 12.9. The fraction of sp³-hybridized carbons (Fsp3) is 0.429. The normalized spacial score (nSPS) is 21.0. The van der Waals surface area contributed by atoms with Gasteiger partial charge in [-0.15, -0.1) is 0 Å². The van der Waals surface area contributed by atoms with Crippen LogP contribution in [-0.2, 0) is 9.59 Å². The number of carboxylic acid groups (broad SMARTS) is 1. The monoisotopic (exact) mass is 369 g/mol. The minimum atomic E-state index is -4.72. The molecule has 1 fully saturated rings. The molecular weight excluding hydrogens is 358 g/mol. The van der Waals surface area contributed by atoms with E-state index in [4.69, 9.17) is 21.4 Å². The molecule has 0 bridgehead atoms. The van der Waals surface area contributed by atoms with E-state index in [2.05, 4.69) is 0 Å². The standard InChI is InChI=1S/C14H12ClF4NO4/c15-10-3-7(16)1-2-11(10)24-6-12(21)20-4-8(13(22)23)9(5-20)14(17,18)19/h1-3,8-9H,4-6H2,(H,22,23)/t8-,9-/m1/s1. The highest BCUT2D eigenvalue weighted by molar-refractivity contribution is 6.32. The lowest BCUT2D eigenvalue weighted by atomic mass is 9.96. The van der Waals surface area contributed by atoms with Gasteiger partial charge in [-0.3, -0.25) is 9.59 Å². The number of benzene rings is 1. The van der Waals surface area contributed by atoms with E-state index in [0.717, 1.165) is 17.0 Å². The molecule has 1 aromatic rings. The first-order valence-corrected chi connectivity index (χ1v) is 7.12. The number of carbonyl (C=O) groups excluding carboxylic acids is 1. The first kappa shape index (κ1) is 18.3. The molecule has 1 aliphatic rings. The lowest BCUT2D eigenvalue weighted by Crippen LogP contribution is -2.35. The van der Waals surface area contributed by atoms with Crippen molar-refractivity contribution in [2.45, 2.75) is 6.18 Å². The van der Waals surface area contributed by atoms with Crippen LogP contribution in [-0.4, -0.2) is 47.8 Å². The zero-order valence-corrected chi connectivity index (χ0v) is 12.8. The van der Waals surface area contributed by atoms with Crippen LogP contribution in [0.25, 0.3) is 0 Å². The van der Waals surface area contributed by atoms with Gasteiger partial charge in [-0.25, -0.2) is 4.39 Å². The average Bonchev–Trinajstić information content (AvgIpc) is 2.91. The van der Waals surface area contributed by atoms with E-state index >= 15 is 0 Å². The lowest BCUT2D eigenvalue weighted by Gasteiger charge is -2.18. The van der Waals surface area contributed by atoms with E-state index in [-0.39, 0.29) is 10.8 Å². The molecule has 0 unspecified atom stereocenters. The highest BCUT2D eigenvalue weighted by Crippen LogP contribution is 2.37. The van der Waals surface area contributed by atoms with Crippen molar-refractivity contribution >= 4 is 23.5 Å². The van der Waals surface area contributed by atoms with Crippen LogP contribution < -0.4 is 4.74 Å². The van der Waals surface area contributed by atoms with Gasteiger partial charge in [0, 0.05) is 13.1 Å². The average molecular weight is 370 g/mol. The van der Waals surface area contributed by atoms with Crippen molar-refractivity contribution in [3.63, 3.8) is 0 Å². The third-order valence-electron chi connectivity index (χ3n) is 3.66. The highest BCUT2D eigenvalue weighted by atomic mass is 35.5. The van der Waals surface area contributed by atoms with Crippen molar-refractivity contribution in [2.24, 2.45) is 11.8 Å². The maximum atomic E-state index is 12.9. The Morgan fingerprint density at radius 3 is 2.50 bits per heavy atom. The Morgan fingerprint density at radius 2 is 2.00 bits per heavy atom. The summed E-state index contributed by atoms with van der Waals surface area (Å²) in [6.07, 6.45) is -4.72. The number of amides is 1. The smallest absolute Gasteiger partial charge is 0.394 e. The first-order chi connectivity index (χ1) is 11.1. The van der Waals surface area contributed by atoms with Crippen LogP contribution >= 0.6 is 11.6 Å². The van der Waals surface area contributed by atoms with Gasteiger partial charge in [0.15, 0.2) is 6.61 Å². The molecule has 0 aromatic heterocycles. The molecule has 1 aromatic carbocycles. The summed E-state index contributed by atoms with van der Waals surface area (Å²) in [7, 11) is 0. The van der Waals surface area contributed by atoms with Gasteiger partial charge in [0.2, 0.25) is 0 Å². The molecule has 0 aliphatic carbocycles. The number of aliphatic carboxylic acids is 1. The zero-order valence-electron chi connectivity index (χ0n) is 12.0. The van der Waals surface area contributed by atoms with E-state index in [1.54, 1.807) is 0 Å². The lowest BCUT2D eigenvalue weighted by molar-refractivity contribution is -0.188. The molecule has 132 valence electrons. The summed E-state index contributed by atoms with van der Waals surface area (Å²) in [6, 6.07) is 3.17. The van der Waals surface area contributed by atoms with Crippen molar-refractivity contribution in [1.29, 1.82) is 0 Å². The number of rotatable bonds is 4. The summed E-state index contributed by atoms with van der Waals surface area (Å²) in [6.45, 7) is -1.94. The topological polar surface area (TPSA) is 66.8 Å². The van der Waals surface area contributed by atoms with Gasteiger partial charge >= 0.3 is 12.1 Å². The van der Waals surface area contributed by atoms with Crippen LogP contribution in [0, 0.1) is 17.7 Å². The molecule has 2 atom stereocenters. The molecule has 24 heavy (non-hydrogen) atoms. The number of carboxylic acids is 1. The van der Waals surface area contributed by atoms with Crippen LogP contribution in [0.3, 0.4) is 0 Å². The third-order valence-corrected chi connectivity index (χ3v) is 3.95. The number of hydrogen-bond acceptors (Lipinski definition) is 3. The van der Waals surface area contributed by atoms with Gasteiger partial charge in [0.25, 0.3) is 5.91 Å². The fourth-order valence-corrected chi connectivity index (χ4v) is 2.63. The van der Waals surface area contributed by atoms with Crippen LogP contribution in [0.15, 0.2) is 18.2 Å². The van der Waals surface area contributed by atoms with Crippen molar-refractivity contribution in [3.8, 4) is 5.75 Å². The quantitative estimate of drug-likeness (QED) is 0.828. The summed E-state index contributed by atoms with van der Waals surface area (Å²) in [5.41, 5.74) is 0. The van der Waals surface area contributed by atoms with Crippen molar-refractivity contribution in [1.82, 2.24) is 4.90 Å². The van der Waals surface area contributed by atoms with Gasteiger partial charge in [-0.05, 0) is 18.2 Å².